The van der Waals surface area contributed by atoms with Gasteiger partial charge in [0.25, 0.3) is 0 Å². The van der Waals surface area contributed by atoms with Gasteiger partial charge in [0, 0.05) is 36.1 Å². The van der Waals surface area contributed by atoms with Crippen molar-refractivity contribution in [2.24, 2.45) is 5.10 Å². The van der Waals surface area contributed by atoms with Gasteiger partial charge in [-0.05, 0) is 36.8 Å². The van der Waals surface area contributed by atoms with Crippen LogP contribution < -0.4 is 10.7 Å². The third kappa shape index (κ3) is 5.24. The first kappa shape index (κ1) is 20.5. The number of hydrogen-bond acceptors (Lipinski definition) is 4. The number of fused-ring (bicyclic) bond motifs is 1. The summed E-state index contributed by atoms with van der Waals surface area (Å²) in [4.78, 5) is 5.93. The summed E-state index contributed by atoms with van der Waals surface area (Å²) in [6.45, 7) is 5.57. The Labute approximate surface area is 182 Å². The quantitative estimate of drug-likeness (QED) is 0.236. The molecule has 0 aliphatic carbocycles. The number of benzene rings is 2. The number of hydrazone groups is 1. The van der Waals surface area contributed by atoms with Gasteiger partial charge in [-0.25, -0.2) is 0 Å². The second-order valence-corrected chi connectivity index (χ2v) is 7.67. The number of H-pyrrole nitrogens is 1. The first-order valence-corrected chi connectivity index (χ1v) is 10.8. The molecule has 7 heteroatoms. The minimum Gasteiger partial charge on any atom is -0.379 e. The first-order valence-electron chi connectivity index (χ1n) is 10.3. The lowest BCUT2D eigenvalue weighted by Gasteiger charge is -2.26. The average Bonchev–Trinajstić information content (AvgIpc) is 3.17. The number of aromatic amines is 1. The average molecular weight is 422 g/mol. The molecule has 2 aromatic carbocycles. The van der Waals surface area contributed by atoms with Gasteiger partial charge in [0.05, 0.1) is 25.1 Å². The second kappa shape index (κ2) is 10.3. The third-order valence-corrected chi connectivity index (χ3v) is 5.44. The van der Waals surface area contributed by atoms with Crippen LogP contribution in [0.4, 0.5) is 0 Å². The lowest BCUT2D eigenvalue weighted by Crippen LogP contribution is -2.39. The van der Waals surface area contributed by atoms with Gasteiger partial charge in [-0.2, -0.15) is 5.10 Å². The molecule has 4 rings (SSSR count). The number of thiocarbonyl (C=S) groups is 1. The minimum absolute atomic E-state index is 0.536. The van der Waals surface area contributed by atoms with Crippen LogP contribution in [0.15, 0.2) is 59.7 Å². The van der Waals surface area contributed by atoms with Crippen molar-refractivity contribution in [1.82, 2.24) is 20.6 Å². The Kier molecular flexibility index (Phi) is 7.07. The van der Waals surface area contributed by atoms with E-state index in [-0.39, 0.29) is 0 Å². The lowest BCUT2D eigenvalue weighted by molar-refractivity contribution is 0.0376. The Morgan fingerprint density at radius 1 is 1.10 bits per heavy atom. The van der Waals surface area contributed by atoms with Gasteiger partial charge in [0.15, 0.2) is 5.11 Å². The van der Waals surface area contributed by atoms with E-state index in [0.29, 0.717) is 5.11 Å². The molecule has 1 aliphatic rings. The number of para-hydroxylation sites is 1. The number of nitrogens with zero attached hydrogens (tertiary/aromatic N) is 2. The van der Waals surface area contributed by atoms with Gasteiger partial charge >= 0.3 is 0 Å². The molecule has 0 atom stereocenters. The van der Waals surface area contributed by atoms with Crippen molar-refractivity contribution in [3.63, 3.8) is 0 Å². The SMILES string of the molecule is S=C(NCCCN1CCOCC1)N/N=C/c1c(-c2ccccc2)[nH]c2ccccc12. The molecular formula is C23H27N5OS. The second-order valence-electron chi connectivity index (χ2n) is 7.26. The molecule has 3 aromatic rings. The molecule has 0 spiro atoms. The fourth-order valence-corrected chi connectivity index (χ4v) is 3.81. The van der Waals surface area contributed by atoms with E-state index >= 15 is 0 Å². The van der Waals surface area contributed by atoms with E-state index in [1.807, 2.05) is 36.5 Å². The van der Waals surface area contributed by atoms with Gasteiger partial charge < -0.3 is 15.0 Å². The highest BCUT2D eigenvalue weighted by Crippen LogP contribution is 2.28. The van der Waals surface area contributed by atoms with E-state index in [1.54, 1.807) is 0 Å². The topological polar surface area (TPSA) is 64.7 Å². The Morgan fingerprint density at radius 2 is 1.87 bits per heavy atom. The van der Waals surface area contributed by atoms with Gasteiger partial charge in [0.1, 0.15) is 0 Å². The van der Waals surface area contributed by atoms with Crippen molar-refractivity contribution in [1.29, 1.82) is 0 Å². The molecule has 3 N–H and O–H groups in total. The Bertz CT molecular complexity index is 995. The summed E-state index contributed by atoms with van der Waals surface area (Å²) in [5.74, 6) is 0. The van der Waals surface area contributed by atoms with Crippen LogP contribution in [0, 0.1) is 0 Å². The zero-order valence-electron chi connectivity index (χ0n) is 16.9. The Morgan fingerprint density at radius 3 is 2.70 bits per heavy atom. The van der Waals surface area contributed by atoms with Crippen molar-refractivity contribution >= 4 is 34.4 Å². The Balaban J connectivity index is 1.35. The first-order chi connectivity index (χ1) is 14.8. The van der Waals surface area contributed by atoms with Crippen molar-refractivity contribution in [2.45, 2.75) is 6.42 Å². The predicted molar refractivity (Wildman–Crippen MR) is 127 cm³/mol. The maximum absolute atomic E-state index is 5.38. The van der Waals surface area contributed by atoms with Gasteiger partial charge in [-0.3, -0.25) is 10.3 Å². The van der Waals surface area contributed by atoms with Gasteiger partial charge in [0.2, 0.25) is 0 Å². The monoisotopic (exact) mass is 421 g/mol. The molecule has 1 fully saturated rings. The van der Waals surface area contributed by atoms with Crippen LogP contribution in [0.5, 0.6) is 0 Å². The molecular weight excluding hydrogens is 394 g/mol. The van der Waals surface area contributed by atoms with Gasteiger partial charge in [-0.15, -0.1) is 0 Å². The molecule has 156 valence electrons. The molecule has 1 aromatic heterocycles. The summed E-state index contributed by atoms with van der Waals surface area (Å²) >= 11 is 5.36. The van der Waals surface area contributed by atoms with E-state index in [4.69, 9.17) is 17.0 Å². The third-order valence-electron chi connectivity index (χ3n) is 5.21. The summed E-state index contributed by atoms with van der Waals surface area (Å²) in [5, 5.41) is 9.29. The smallest absolute Gasteiger partial charge is 0.186 e. The van der Waals surface area contributed by atoms with Crippen molar-refractivity contribution in [3.8, 4) is 11.3 Å². The largest absolute Gasteiger partial charge is 0.379 e. The summed E-state index contributed by atoms with van der Waals surface area (Å²) in [7, 11) is 0. The van der Waals surface area contributed by atoms with Gasteiger partial charge in [-0.1, -0.05) is 48.5 Å². The highest BCUT2D eigenvalue weighted by atomic mass is 32.1. The summed E-state index contributed by atoms with van der Waals surface area (Å²) in [6, 6.07) is 18.5. The lowest BCUT2D eigenvalue weighted by atomic mass is 10.1. The zero-order chi connectivity index (χ0) is 20.6. The standard InChI is InChI=1S/C23H27N5OS/c30-23(24-11-6-12-28-13-15-29-16-14-28)27-25-17-20-19-9-4-5-10-21(19)26-22(20)18-7-2-1-3-8-18/h1-5,7-10,17,26H,6,11-16H2,(H2,24,27,30)/b25-17+. The van der Waals surface area contributed by atoms with Crippen LogP contribution in [-0.2, 0) is 4.74 Å². The molecule has 2 heterocycles. The van der Waals surface area contributed by atoms with Crippen LogP contribution in [0.25, 0.3) is 22.2 Å². The minimum atomic E-state index is 0.536. The highest BCUT2D eigenvalue weighted by molar-refractivity contribution is 7.80. The van der Waals surface area contributed by atoms with E-state index in [0.717, 1.165) is 73.5 Å². The normalized spacial score (nSPS) is 14.9. The van der Waals surface area contributed by atoms with Crippen LogP contribution in [0.3, 0.4) is 0 Å². The molecule has 0 saturated carbocycles. The number of morpholine rings is 1. The predicted octanol–water partition coefficient (Wildman–Crippen LogP) is 3.36. The molecule has 6 nitrogen and oxygen atoms in total. The molecule has 0 bridgehead atoms. The maximum atomic E-state index is 5.38. The summed E-state index contributed by atoms with van der Waals surface area (Å²) in [6.07, 6.45) is 2.87. The number of nitrogens with one attached hydrogen (secondary N) is 3. The van der Waals surface area contributed by atoms with Crippen molar-refractivity contribution in [2.75, 3.05) is 39.4 Å². The van der Waals surface area contributed by atoms with E-state index < -0.39 is 0 Å². The van der Waals surface area contributed by atoms with Crippen LogP contribution in [-0.4, -0.2) is 60.6 Å². The van der Waals surface area contributed by atoms with Crippen LogP contribution in [0.1, 0.15) is 12.0 Å². The fourth-order valence-electron chi connectivity index (χ4n) is 3.65. The number of hydrogen-bond donors (Lipinski definition) is 3. The zero-order valence-corrected chi connectivity index (χ0v) is 17.8. The summed E-state index contributed by atoms with van der Waals surface area (Å²) in [5.41, 5.74) is 7.24. The van der Waals surface area contributed by atoms with Crippen LogP contribution >= 0.6 is 12.2 Å². The van der Waals surface area contributed by atoms with E-state index in [1.165, 1.54) is 0 Å². The Hall–Kier alpha value is -2.74. The maximum Gasteiger partial charge on any atom is 0.186 e. The van der Waals surface area contributed by atoms with E-state index in [9.17, 15) is 0 Å². The highest BCUT2D eigenvalue weighted by Gasteiger charge is 2.11. The van der Waals surface area contributed by atoms with Crippen molar-refractivity contribution < 1.29 is 4.74 Å². The molecule has 1 saturated heterocycles. The number of ether oxygens (including phenoxy) is 1. The summed E-state index contributed by atoms with van der Waals surface area (Å²) < 4.78 is 5.38. The van der Waals surface area contributed by atoms with E-state index in [2.05, 4.69) is 50.0 Å². The molecule has 0 amide bonds. The molecule has 30 heavy (non-hydrogen) atoms. The number of aromatic nitrogens is 1. The molecule has 1 aliphatic heterocycles. The van der Waals surface area contributed by atoms with Crippen molar-refractivity contribution in [3.05, 3.63) is 60.2 Å². The molecule has 0 radical (unpaired) electrons. The number of rotatable bonds is 7. The molecule has 0 unspecified atom stereocenters. The fraction of sp³-hybridized carbons (Fsp3) is 0.304. The van der Waals surface area contributed by atoms with Crippen LogP contribution in [0.2, 0.25) is 0 Å².